The van der Waals surface area contributed by atoms with Gasteiger partial charge in [0.2, 0.25) is 0 Å². The predicted molar refractivity (Wildman–Crippen MR) is 68.3 cm³/mol. The van der Waals surface area contributed by atoms with E-state index in [4.69, 9.17) is 5.11 Å². The van der Waals surface area contributed by atoms with E-state index in [1.807, 2.05) is 0 Å². The number of H-pyrrole nitrogens is 1. The van der Waals surface area contributed by atoms with Gasteiger partial charge in [-0.25, -0.2) is 9.78 Å². The Kier molecular flexibility index (Phi) is 3.52. The molecule has 2 rings (SSSR count). The number of imidazole rings is 1. The number of benzene rings is 1. The van der Waals surface area contributed by atoms with Gasteiger partial charge in [-0.3, -0.25) is 14.9 Å². The highest BCUT2D eigenvalue weighted by Crippen LogP contribution is 2.33. The Labute approximate surface area is 116 Å². The van der Waals surface area contributed by atoms with Crippen LogP contribution in [-0.2, 0) is 0 Å². The van der Waals surface area contributed by atoms with E-state index in [1.54, 1.807) is 0 Å². The fourth-order valence-electron chi connectivity index (χ4n) is 1.61. The first-order valence-electron chi connectivity index (χ1n) is 5.46. The number of aromatic carboxylic acids is 1. The van der Waals surface area contributed by atoms with Crippen LogP contribution in [0.2, 0.25) is 0 Å². The number of aromatic hydroxyl groups is 1. The van der Waals surface area contributed by atoms with Gasteiger partial charge in [0.05, 0.1) is 11.3 Å². The van der Waals surface area contributed by atoms with Gasteiger partial charge in [0, 0.05) is 6.07 Å². The third kappa shape index (κ3) is 2.63. The molecule has 0 saturated carbocycles. The van der Waals surface area contributed by atoms with Crippen LogP contribution < -0.4 is 5.32 Å². The van der Waals surface area contributed by atoms with Crippen LogP contribution in [0.1, 0.15) is 21.0 Å². The molecule has 0 radical (unpaired) electrons. The Morgan fingerprint density at radius 1 is 1.38 bits per heavy atom. The molecule has 10 nitrogen and oxygen atoms in total. The maximum absolute atomic E-state index is 11.9. The van der Waals surface area contributed by atoms with Gasteiger partial charge in [0.15, 0.2) is 17.1 Å². The lowest BCUT2D eigenvalue weighted by atomic mass is 10.2. The number of nitrogens with zero attached hydrogens (tertiary/aromatic N) is 2. The molecule has 10 heteroatoms. The number of rotatable bonds is 4. The number of anilines is 1. The zero-order valence-corrected chi connectivity index (χ0v) is 10.2. The minimum Gasteiger partial charge on any atom is -0.505 e. The number of aromatic nitrogens is 2. The van der Waals surface area contributed by atoms with E-state index in [2.05, 4.69) is 15.3 Å². The first-order chi connectivity index (χ1) is 9.91. The second-order valence-corrected chi connectivity index (χ2v) is 3.81. The number of hydrogen-bond donors (Lipinski definition) is 4. The van der Waals surface area contributed by atoms with Gasteiger partial charge in [0.25, 0.3) is 11.6 Å². The largest absolute Gasteiger partial charge is 0.505 e. The van der Waals surface area contributed by atoms with Crippen molar-refractivity contribution in [3.63, 3.8) is 0 Å². The highest BCUT2D eigenvalue weighted by Gasteiger charge is 2.24. The topological polar surface area (TPSA) is 158 Å². The lowest BCUT2D eigenvalue weighted by molar-refractivity contribution is -0.384. The molecule has 0 unspecified atom stereocenters. The smallest absolute Gasteiger partial charge is 0.354 e. The quantitative estimate of drug-likeness (QED) is 0.371. The summed E-state index contributed by atoms with van der Waals surface area (Å²) in [6.07, 6.45) is 0.998. The number of aromatic amines is 1. The number of carbonyl (C=O) groups is 2. The second kappa shape index (κ2) is 5.28. The van der Waals surface area contributed by atoms with Gasteiger partial charge in [-0.05, 0) is 6.07 Å². The fraction of sp³-hybridized carbons (Fsp3) is 0. The summed E-state index contributed by atoms with van der Waals surface area (Å²) in [7, 11) is 0. The number of amides is 1. The molecule has 4 N–H and O–H groups in total. The molecule has 0 aliphatic carbocycles. The van der Waals surface area contributed by atoms with Crippen LogP contribution in [0.15, 0.2) is 24.5 Å². The molecule has 2 aromatic rings. The maximum Gasteiger partial charge on any atom is 0.354 e. The molecule has 0 fully saturated rings. The van der Waals surface area contributed by atoms with E-state index >= 15 is 0 Å². The zero-order chi connectivity index (χ0) is 15.6. The number of para-hydroxylation sites is 1. The van der Waals surface area contributed by atoms with E-state index in [9.17, 15) is 24.8 Å². The van der Waals surface area contributed by atoms with Crippen molar-refractivity contribution in [2.24, 2.45) is 0 Å². The Morgan fingerprint density at radius 3 is 2.71 bits per heavy atom. The molecule has 1 aromatic carbocycles. The number of nitro benzene ring substituents is 1. The number of carboxylic acid groups (broad SMARTS) is 1. The van der Waals surface area contributed by atoms with Crippen LogP contribution in [0, 0.1) is 10.1 Å². The van der Waals surface area contributed by atoms with E-state index in [1.165, 1.54) is 6.07 Å². The molecule has 0 atom stereocenters. The Balaban J connectivity index is 2.39. The number of carboxylic acids is 1. The molecule has 0 aliphatic heterocycles. The predicted octanol–water partition coefficient (Wildman–Crippen LogP) is 0.974. The number of nitro groups is 1. The fourth-order valence-corrected chi connectivity index (χ4v) is 1.61. The maximum atomic E-state index is 11.9. The van der Waals surface area contributed by atoms with Crippen molar-refractivity contribution >= 4 is 23.3 Å². The number of nitrogens with one attached hydrogen (secondary N) is 2. The number of hydrogen-bond acceptors (Lipinski definition) is 6. The minimum absolute atomic E-state index is 0.438. The van der Waals surface area contributed by atoms with Gasteiger partial charge < -0.3 is 20.5 Å². The highest BCUT2D eigenvalue weighted by atomic mass is 16.6. The van der Waals surface area contributed by atoms with E-state index in [0.29, 0.717) is 0 Å². The van der Waals surface area contributed by atoms with Gasteiger partial charge in [-0.15, -0.1) is 0 Å². The molecule has 0 spiro atoms. The lowest BCUT2D eigenvalue weighted by Gasteiger charge is -2.06. The highest BCUT2D eigenvalue weighted by molar-refractivity contribution is 6.10. The minimum atomic E-state index is -1.41. The average molecular weight is 292 g/mol. The van der Waals surface area contributed by atoms with Gasteiger partial charge in [-0.2, -0.15) is 0 Å². The summed E-state index contributed by atoms with van der Waals surface area (Å²) in [5.74, 6) is -2.94. The molecule has 1 aromatic heterocycles. The van der Waals surface area contributed by atoms with Crippen LogP contribution in [0.5, 0.6) is 5.75 Å². The van der Waals surface area contributed by atoms with E-state index in [-0.39, 0.29) is 0 Å². The molecule has 108 valence electrons. The zero-order valence-electron chi connectivity index (χ0n) is 10.2. The van der Waals surface area contributed by atoms with Crippen LogP contribution >= 0.6 is 0 Å². The molecular weight excluding hydrogens is 284 g/mol. The Bertz CT molecular complexity index is 738. The summed E-state index contributed by atoms with van der Waals surface area (Å²) in [4.78, 5) is 38.7. The van der Waals surface area contributed by atoms with Crippen molar-refractivity contribution in [3.05, 3.63) is 46.0 Å². The average Bonchev–Trinajstić information content (AvgIpc) is 2.90. The van der Waals surface area contributed by atoms with Crippen molar-refractivity contribution in [2.45, 2.75) is 0 Å². The van der Waals surface area contributed by atoms with Crippen molar-refractivity contribution in [1.29, 1.82) is 0 Å². The normalized spacial score (nSPS) is 10.1. The van der Waals surface area contributed by atoms with E-state index < -0.39 is 45.3 Å². The van der Waals surface area contributed by atoms with Crippen molar-refractivity contribution < 1.29 is 24.7 Å². The van der Waals surface area contributed by atoms with Gasteiger partial charge in [0.1, 0.15) is 5.75 Å². The summed E-state index contributed by atoms with van der Waals surface area (Å²) in [6, 6.07) is 3.46. The van der Waals surface area contributed by atoms with Gasteiger partial charge >= 0.3 is 5.97 Å². The number of phenolic OH excluding ortho intramolecular Hbond substituents is 1. The summed E-state index contributed by atoms with van der Waals surface area (Å²) < 4.78 is 0. The van der Waals surface area contributed by atoms with Crippen LogP contribution in [0.3, 0.4) is 0 Å². The molecular formula is C11H8N4O6. The summed E-state index contributed by atoms with van der Waals surface area (Å²) in [5, 5.41) is 31.4. The van der Waals surface area contributed by atoms with E-state index in [0.717, 1.165) is 18.5 Å². The van der Waals surface area contributed by atoms with Crippen LogP contribution in [0.25, 0.3) is 0 Å². The van der Waals surface area contributed by atoms with Crippen LogP contribution in [0.4, 0.5) is 11.4 Å². The summed E-state index contributed by atoms with van der Waals surface area (Å²) in [6.45, 7) is 0. The first kappa shape index (κ1) is 14.0. The molecule has 0 aliphatic rings. The summed E-state index contributed by atoms with van der Waals surface area (Å²) >= 11 is 0. The lowest BCUT2D eigenvalue weighted by Crippen LogP contribution is -2.17. The monoisotopic (exact) mass is 292 g/mol. The SMILES string of the molecule is O=C(Nc1c(O)cccc1[N+](=O)[O-])c1nc[nH]c1C(=O)O. The molecule has 0 bridgehead atoms. The van der Waals surface area contributed by atoms with Gasteiger partial charge in [-0.1, -0.05) is 6.07 Å². The third-order valence-electron chi connectivity index (χ3n) is 2.52. The first-order valence-corrected chi connectivity index (χ1v) is 5.46. The molecule has 1 heterocycles. The standard InChI is InChI=1S/C11H8N4O6/c16-6-3-1-2-5(15(20)21)7(6)14-10(17)8-9(11(18)19)13-4-12-8/h1-4,16H,(H,12,13)(H,14,17)(H,18,19). The van der Waals surface area contributed by atoms with Crippen molar-refractivity contribution in [1.82, 2.24) is 9.97 Å². The van der Waals surface area contributed by atoms with Crippen LogP contribution in [-0.4, -0.2) is 37.0 Å². The molecule has 21 heavy (non-hydrogen) atoms. The summed E-state index contributed by atoms with van der Waals surface area (Å²) in [5.41, 5.74) is -1.90. The number of carbonyl (C=O) groups excluding carboxylic acids is 1. The van der Waals surface area contributed by atoms with Crippen molar-refractivity contribution in [2.75, 3.05) is 5.32 Å². The molecule has 0 saturated heterocycles. The number of phenols is 1. The second-order valence-electron chi connectivity index (χ2n) is 3.81. The third-order valence-corrected chi connectivity index (χ3v) is 2.52. The van der Waals surface area contributed by atoms with Crippen molar-refractivity contribution in [3.8, 4) is 5.75 Å². The Morgan fingerprint density at radius 2 is 2.10 bits per heavy atom. The molecule has 1 amide bonds. The Hall–Kier alpha value is -3.43.